The number of rotatable bonds is 3. The summed E-state index contributed by atoms with van der Waals surface area (Å²) >= 11 is 6.16. The Kier molecular flexibility index (Phi) is 3.57. The van der Waals surface area contributed by atoms with E-state index in [4.69, 9.17) is 15.7 Å². The lowest BCUT2D eigenvalue weighted by atomic mass is 10.1. The smallest absolute Gasteiger partial charge is 0.267 e. The second-order valence-electron chi connectivity index (χ2n) is 5.38. The number of carbonyl (C=O) groups excluding carboxylic acids is 1. The Hall–Kier alpha value is -2.79. The van der Waals surface area contributed by atoms with Gasteiger partial charge in [-0.25, -0.2) is 0 Å². The Morgan fingerprint density at radius 2 is 1.96 bits per heavy atom. The Balaban J connectivity index is 2.37. The van der Waals surface area contributed by atoms with Crippen LogP contribution in [0.3, 0.4) is 0 Å². The van der Waals surface area contributed by atoms with Gasteiger partial charge in [0.15, 0.2) is 0 Å². The number of hydrogen-bond acceptors (Lipinski definition) is 3. The minimum atomic E-state index is -2.87. The first-order valence-electron chi connectivity index (χ1n) is 9.12. The molecule has 5 nitrogen and oxygen atoms in total. The van der Waals surface area contributed by atoms with Crippen molar-refractivity contribution in [1.82, 2.24) is 4.57 Å². The van der Waals surface area contributed by atoms with Crippen LogP contribution in [0.5, 0.6) is 5.75 Å². The summed E-state index contributed by atoms with van der Waals surface area (Å²) in [6, 6.07) is 12.8. The summed E-state index contributed by atoms with van der Waals surface area (Å²) in [4.78, 5) is 27.5. The molecule has 2 aromatic carbocycles. The molecule has 0 bridgehead atoms. The van der Waals surface area contributed by atoms with Crippen LogP contribution in [0.25, 0.3) is 10.9 Å². The van der Waals surface area contributed by atoms with E-state index in [2.05, 4.69) is 0 Å². The van der Waals surface area contributed by atoms with E-state index >= 15 is 0 Å². The molecule has 0 saturated heterocycles. The fourth-order valence-electron chi connectivity index (χ4n) is 2.76. The van der Waals surface area contributed by atoms with Crippen LogP contribution >= 0.6 is 11.6 Å². The molecule has 6 heteroatoms. The van der Waals surface area contributed by atoms with Crippen molar-refractivity contribution in [3.8, 4) is 5.75 Å². The van der Waals surface area contributed by atoms with E-state index in [0.717, 1.165) is 0 Å². The van der Waals surface area contributed by atoms with Crippen LogP contribution in [0.1, 0.15) is 21.4 Å². The van der Waals surface area contributed by atoms with Crippen LogP contribution < -0.4 is 10.5 Å². The van der Waals surface area contributed by atoms with E-state index in [9.17, 15) is 14.7 Å². The SMILES string of the molecule is [2H]C([2H])([2H])n1c(=O)c(C(=O)N(CC)c2ccccc2)c(O)c2c(Cl)cccc21. The van der Waals surface area contributed by atoms with Crippen molar-refractivity contribution in [2.45, 2.75) is 6.92 Å². The average molecular weight is 360 g/mol. The molecule has 1 N–H and O–H groups in total. The molecule has 1 heterocycles. The fourth-order valence-corrected chi connectivity index (χ4v) is 3.02. The number of nitrogens with zero attached hydrogens (tertiary/aromatic N) is 2. The van der Waals surface area contributed by atoms with Gasteiger partial charge in [0, 0.05) is 23.3 Å². The monoisotopic (exact) mass is 359 g/mol. The molecule has 0 atom stereocenters. The van der Waals surface area contributed by atoms with Crippen molar-refractivity contribution in [3.05, 3.63) is 69.5 Å². The summed E-state index contributed by atoms with van der Waals surface area (Å²) in [6.07, 6.45) is 0. The van der Waals surface area contributed by atoms with Gasteiger partial charge in [0.05, 0.1) is 15.9 Å². The summed E-state index contributed by atoms with van der Waals surface area (Å²) < 4.78 is 23.7. The third-order valence-electron chi connectivity index (χ3n) is 3.97. The van der Waals surface area contributed by atoms with Crippen molar-refractivity contribution < 1.29 is 14.0 Å². The van der Waals surface area contributed by atoms with Crippen molar-refractivity contribution in [2.24, 2.45) is 6.98 Å². The number of amides is 1. The lowest BCUT2D eigenvalue weighted by Gasteiger charge is -2.22. The zero-order chi connectivity index (χ0) is 20.6. The first kappa shape index (κ1) is 13.5. The van der Waals surface area contributed by atoms with Crippen molar-refractivity contribution in [1.29, 1.82) is 0 Å². The maximum Gasteiger partial charge on any atom is 0.267 e. The van der Waals surface area contributed by atoms with Gasteiger partial charge in [0.25, 0.3) is 11.5 Å². The molecule has 0 fully saturated rings. The van der Waals surface area contributed by atoms with Gasteiger partial charge in [0.2, 0.25) is 0 Å². The van der Waals surface area contributed by atoms with Gasteiger partial charge in [-0.3, -0.25) is 9.59 Å². The van der Waals surface area contributed by atoms with Crippen LogP contribution in [0, 0.1) is 0 Å². The molecule has 3 rings (SSSR count). The minimum absolute atomic E-state index is 0.0322. The van der Waals surface area contributed by atoms with Gasteiger partial charge in [-0.1, -0.05) is 35.9 Å². The first-order valence-corrected chi connectivity index (χ1v) is 7.99. The van der Waals surface area contributed by atoms with E-state index < -0.39 is 29.8 Å². The lowest BCUT2D eigenvalue weighted by molar-refractivity contribution is 0.0984. The molecule has 1 aromatic heterocycles. The maximum atomic E-state index is 13.2. The highest BCUT2D eigenvalue weighted by Crippen LogP contribution is 2.33. The summed E-state index contributed by atoms with van der Waals surface area (Å²) in [5.74, 6) is -1.44. The highest BCUT2D eigenvalue weighted by atomic mass is 35.5. The fraction of sp³-hybridized carbons (Fsp3) is 0.158. The van der Waals surface area contributed by atoms with E-state index in [1.807, 2.05) is 0 Å². The molecule has 0 aliphatic rings. The Labute approximate surface area is 153 Å². The zero-order valence-corrected chi connectivity index (χ0v) is 14.1. The third kappa shape index (κ3) is 2.76. The Morgan fingerprint density at radius 1 is 1.24 bits per heavy atom. The topological polar surface area (TPSA) is 62.5 Å². The molecular formula is C19H17ClN2O3. The number of benzene rings is 2. The predicted molar refractivity (Wildman–Crippen MR) is 99.7 cm³/mol. The Morgan fingerprint density at radius 3 is 2.60 bits per heavy atom. The molecule has 25 heavy (non-hydrogen) atoms. The molecule has 0 saturated carbocycles. The second-order valence-corrected chi connectivity index (χ2v) is 5.79. The van der Waals surface area contributed by atoms with E-state index in [-0.39, 0.29) is 22.5 Å². The number of halogens is 1. The average Bonchev–Trinajstić information content (AvgIpc) is 2.62. The molecule has 0 aliphatic heterocycles. The number of aromatic hydroxyl groups is 1. The van der Waals surface area contributed by atoms with Gasteiger partial charge in [-0.15, -0.1) is 0 Å². The lowest BCUT2D eigenvalue weighted by Crippen LogP contribution is -2.36. The quantitative estimate of drug-likeness (QED) is 0.777. The van der Waals surface area contributed by atoms with Crippen molar-refractivity contribution in [3.63, 3.8) is 0 Å². The molecule has 128 valence electrons. The van der Waals surface area contributed by atoms with Crippen molar-refractivity contribution in [2.75, 3.05) is 11.4 Å². The maximum absolute atomic E-state index is 13.2. The largest absolute Gasteiger partial charge is 0.506 e. The number of anilines is 1. The van der Waals surface area contributed by atoms with Gasteiger partial charge in [-0.05, 0) is 31.2 Å². The van der Waals surface area contributed by atoms with Gasteiger partial charge in [-0.2, -0.15) is 0 Å². The normalized spacial score (nSPS) is 13.1. The number of aromatic nitrogens is 1. The predicted octanol–water partition coefficient (Wildman–Crippen LogP) is 3.56. The van der Waals surface area contributed by atoms with Crippen LogP contribution in [-0.2, 0) is 6.98 Å². The standard InChI is InChI=1S/C19H17ClN2O3/c1-3-22(12-8-5-4-6-9-12)19(25)16-17(23)15-13(20)10-7-11-14(15)21(2)18(16)24/h4-11,23H,3H2,1-2H3/i2D3. The number of para-hydroxylation sites is 1. The highest BCUT2D eigenvalue weighted by molar-refractivity contribution is 6.36. The molecule has 0 radical (unpaired) electrons. The van der Waals surface area contributed by atoms with E-state index in [1.54, 1.807) is 37.3 Å². The first-order chi connectivity index (χ1) is 13.2. The molecule has 1 amide bonds. The zero-order valence-electron chi connectivity index (χ0n) is 16.4. The molecule has 0 spiro atoms. The summed E-state index contributed by atoms with van der Waals surface area (Å²) in [6.45, 7) is -0.957. The third-order valence-corrected chi connectivity index (χ3v) is 4.28. The van der Waals surface area contributed by atoms with Gasteiger partial charge >= 0.3 is 0 Å². The number of fused-ring (bicyclic) bond motifs is 1. The van der Waals surface area contributed by atoms with E-state index in [1.165, 1.54) is 23.1 Å². The molecular weight excluding hydrogens is 340 g/mol. The number of aryl methyl sites for hydroxylation is 1. The molecule has 0 unspecified atom stereocenters. The van der Waals surface area contributed by atoms with Crippen LogP contribution in [0.2, 0.25) is 5.02 Å². The summed E-state index contributed by atoms with van der Waals surface area (Å²) in [7, 11) is 0. The number of carbonyl (C=O) groups is 1. The summed E-state index contributed by atoms with van der Waals surface area (Å²) in [5.41, 5.74) is -1.31. The number of hydrogen-bond donors (Lipinski definition) is 1. The minimum Gasteiger partial charge on any atom is -0.506 e. The molecule has 3 aromatic rings. The van der Waals surface area contributed by atoms with Crippen LogP contribution in [-0.4, -0.2) is 22.1 Å². The van der Waals surface area contributed by atoms with E-state index in [0.29, 0.717) is 10.3 Å². The van der Waals surface area contributed by atoms with Crippen LogP contribution in [0.4, 0.5) is 5.69 Å². The van der Waals surface area contributed by atoms with Gasteiger partial charge < -0.3 is 14.6 Å². The van der Waals surface area contributed by atoms with Crippen molar-refractivity contribution >= 4 is 34.1 Å². The Bertz CT molecular complexity index is 1110. The van der Waals surface area contributed by atoms with Gasteiger partial charge in [0.1, 0.15) is 11.3 Å². The summed E-state index contributed by atoms with van der Waals surface area (Å²) in [5, 5.41) is 10.7. The number of pyridine rings is 1. The molecule has 0 aliphatic carbocycles. The van der Waals surface area contributed by atoms with Crippen LogP contribution in [0.15, 0.2) is 53.3 Å². The second kappa shape index (κ2) is 6.61. The highest BCUT2D eigenvalue weighted by Gasteiger charge is 2.26.